The molecule has 0 bridgehead atoms. The van der Waals surface area contributed by atoms with Crippen LogP contribution >= 0.6 is 0 Å². The van der Waals surface area contributed by atoms with Crippen LogP contribution in [0.3, 0.4) is 0 Å². The van der Waals surface area contributed by atoms with Crippen LogP contribution in [0.25, 0.3) is 55.3 Å². The Morgan fingerprint density at radius 1 is 0.519 bits per heavy atom. The summed E-state index contributed by atoms with van der Waals surface area (Å²) in [7, 11) is 0. The van der Waals surface area contributed by atoms with Crippen LogP contribution in [0, 0.1) is 41.5 Å². The van der Waals surface area contributed by atoms with E-state index >= 15 is 0 Å². The summed E-state index contributed by atoms with van der Waals surface area (Å²) < 4.78 is 13.9. The number of hydrogen-bond acceptors (Lipinski definition) is 3. The summed E-state index contributed by atoms with van der Waals surface area (Å²) in [5, 5.41) is 2.22. The molecule has 2 aliphatic rings. The van der Waals surface area contributed by atoms with E-state index in [0.717, 1.165) is 66.8 Å². The minimum atomic E-state index is -0.313. The van der Waals surface area contributed by atoms with Crippen molar-refractivity contribution in [1.82, 2.24) is 0 Å². The van der Waals surface area contributed by atoms with Crippen molar-refractivity contribution in [3.05, 3.63) is 155 Å². The highest BCUT2D eigenvalue weighted by atomic mass is 16.4. The van der Waals surface area contributed by atoms with Gasteiger partial charge in [-0.25, -0.2) is 0 Å². The number of fused-ring (bicyclic) bond motifs is 8. The molecule has 3 nitrogen and oxygen atoms in total. The fourth-order valence-electron chi connectivity index (χ4n) is 9.34. The van der Waals surface area contributed by atoms with Gasteiger partial charge in [-0.15, -0.1) is 0 Å². The Hall–Kier alpha value is -6.00. The van der Waals surface area contributed by atoms with Crippen LogP contribution in [0.5, 0.6) is 5.75 Å². The van der Waals surface area contributed by atoms with Gasteiger partial charge in [0.25, 0.3) is 0 Å². The Bertz CT molecular complexity index is 2740. The highest BCUT2D eigenvalue weighted by Gasteiger charge is 2.44. The number of benzene rings is 7. The van der Waals surface area contributed by atoms with E-state index in [4.69, 9.17) is 9.07 Å². The molecule has 0 radical (unpaired) electrons. The highest BCUT2D eigenvalue weighted by Crippen LogP contribution is 2.48. The van der Waals surface area contributed by atoms with Crippen molar-refractivity contribution in [2.24, 2.45) is 0 Å². The van der Waals surface area contributed by atoms with Gasteiger partial charge in [0.1, 0.15) is 16.9 Å². The molecule has 0 atom stereocenters. The molecule has 7 aromatic carbocycles. The molecular weight excluding hydrogens is 633 g/mol. The molecule has 52 heavy (non-hydrogen) atoms. The lowest BCUT2D eigenvalue weighted by Gasteiger charge is -2.40. The number of nitrogens with zero attached hydrogens (tertiary/aromatic N) is 1. The second-order valence-electron chi connectivity index (χ2n) is 14.9. The van der Waals surface area contributed by atoms with Crippen molar-refractivity contribution in [2.75, 3.05) is 4.90 Å². The van der Waals surface area contributed by atoms with E-state index < -0.39 is 0 Å². The standard InChI is InChI=1S/C48H38BNO2/c1-27-21-29(3)44(30(4)22-27)33-15-18-35(19-16-33)50-40-20-17-34(45-31(5)23-28(2)24-32(45)6)25-39(40)49-47-41(50)26-38-36-11-7-9-13-42(36)51-48(38)46(47)37-12-8-10-14-43(37)52-49/h7-26H,1-6H3. The van der Waals surface area contributed by atoms with Crippen LogP contribution in [0.4, 0.5) is 17.1 Å². The van der Waals surface area contributed by atoms with Gasteiger partial charge in [-0.1, -0.05) is 96.1 Å². The van der Waals surface area contributed by atoms with Gasteiger partial charge in [0.15, 0.2) is 0 Å². The van der Waals surface area contributed by atoms with Gasteiger partial charge >= 0.3 is 6.92 Å². The molecule has 10 rings (SSSR count). The third-order valence-corrected chi connectivity index (χ3v) is 11.2. The maximum atomic E-state index is 7.09. The minimum absolute atomic E-state index is 0.313. The van der Waals surface area contributed by atoms with Gasteiger partial charge in [-0.3, -0.25) is 0 Å². The lowest BCUT2D eigenvalue weighted by molar-refractivity contribution is 0.589. The summed E-state index contributed by atoms with van der Waals surface area (Å²) >= 11 is 0. The molecule has 0 fully saturated rings. The first-order valence-corrected chi connectivity index (χ1v) is 18.2. The zero-order valence-electron chi connectivity index (χ0n) is 30.4. The lowest BCUT2D eigenvalue weighted by Crippen LogP contribution is -2.56. The second-order valence-corrected chi connectivity index (χ2v) is 14.9. The monoisotopic (exact) mass is 671 g/mol. The SMILES string of the molecule is Cc1cc(C)c(-c2ccc(N3c4ccc(-c5c(C)cc(C)cc5C)cc4B4Oc5ccccc5-c5c4c3cc3c5oc4ccccc43)cc2)c(C)c1. The van der Waals surface area contributed by atoms with E-state index in [0.29, 0.717) is 0 Å². The van der Waals surface area contributed by atoms with Crippen molar-refractivity contribution in [2.45, 2.75) is 41.5 Å². The number of aryl methyl sites for hydroxylation is 6. The average molecular weight is 672 g/mol. The number of hydrogen-bond donors (Lipinski definition) is 0. The third-order valence-electron chi connectivity index (χ3n) is 11.2. The summed E-state index contributed by atoms with van der Waals surface area (Å²) in [5.41, 5.74) is 22.3. The topological polar surface area (TPSA) is 25.6 Å². The van der Waals surface area contributed by atoms with Gasteiger partial charge in [0.05, 0.1) is 0 Å². The average Bonchev–Trinajstić information content (AvgIpc) is 3.50. The summed E-state index contributed by atoms with van der Waals surface area (Å²) in [6.45, 7) is 12.9. The van der Waals surface area contributed by atoms with E-state index in [-0.39, 0.29) is 6.92 Å². The molecule has 250 valence electrons. The molecule has 8 aromatic rings. The van der Waals surface area contributed by atoms with Crippen molar-refractivity contribution in [3.63, 3.8) is 0 Å². The van der Waals surface area contributed by atoms with E-state index in [2.05, 4.69) is 162 Å². The van der Waals surface area contributed by atoms with Crippen molar-refractivity contribution < 1.29 is 9.07 Å². The maximum Gasteiger partial charge on any atom is 0.431 e. The largest absolute Gasteiger partial charge is 0.551 e. The molecule has 4 heteroatoms. The summed E-state index contributed by atoms with van der Waals surface area (Å²) in [5.74, 6) is 0.875. The fraction of sp³-hybridized carbons (Fsp3) is 0.125. The molecule has 3 heterocycles. The van der Waals surface area contributed by atoms with Crippen LogP contribution in [-0.4, -0.2) is 6.92 Å². The minimum Gasteiger partial charge on any atom is -0.551 e. The lowest BCUT2D eigenvalue weighted by atomic mass is 9.49. The second kappa shape index (κ2) is 11.3. The number of furan rings is 1. The quantitative estimate of drug-likeness (QED) is 0.175. The smallest absolute Gasteiger partial charge is 0.431 e. The van der Waals surface area contributed by atoms with Crippen LogP contribution in [0.2, 0.25) is 0 Å². The van der Waals surface area contributed by atoms with Crippen molar-refractivity contribution in [1.29, 1.82) is 0 Å². The molecule has 0 spiro atoms. The summed E-state index contributed by atoms with van der Waals surface area (Å²) in [6.07, 6.45) is 0. The molecular formula is C48H38BNO2. The van der Waals surface area contributed by atoms with E-state index in [1.165, 1.54) is 55.6 Å². The first kappa shape index (κ1) is 30.8. The molecule has 0 unspecified atom stereocenters. The number of anilines is 3. The van der Waals surface area contributed by atoms with Gasteiger partial charge in [0, 0.05) is 44.4 Å². The predicted molar refractivity (Wildman–Crippen MR) is 219 cm³/mol. The van der Waals surface area contributed by atoms with Crippen molar-refractivity contribution >= 4 is 56.8 Å². The van der Waals surface area contributed by atoms with Crippen LogP contribution in [0.1, 0.15) is 33.4 Å². The highest BCUT2D eigenvalue weighted by molar-refractivity contribution is 6.86. The first-order valence-electron chi connectivity index (χ1n) is 18.2. The number of rotatable bonds is 3. The van der Waals surface area contributed by atoms with E-state index in [9.17, 15) is 0 Å². The van der Waals surface area contributed by atoms with Gasteiger partial charge in [-0.05, 0) is 128 Å². The predicted octanol–water partition coefficient (Wildman–Crippen LogP) is 11.7. The van der Waals surface area contributed by atoms with Crippen molar-refractivity contribution in [3.8, 4) is 39.1 Å². The van der Waals surface area contributed by atoms with E-state index in [1.807, 2.05) is 6.07 Å². The summed E-state index contributed by atoms with van der Waals surface area (Å²) in [6, 6.07) is 44.4. The van der Waals surface area contributed by atoms with Crippen LogP contribution in [-0.2, 0) is 0 Å². The van der Waals surface area contributed by atoms with Gasteiger partial charge in [-0.2, -0.15) is 0 Å². The van der Waals surface area contributed by atoms with Gasteiger partial charge < -0.3 is 14.0 Å². The third kappa shape index (κ3) is 4.47. The Balaban J connectivity index is 1.27. The Morgan fingerprint density at radius 3 is 1.85 bits per heavy atom. The maximum absolute atomic E-state index is 7.09. The fourth-order valence-corrected chi connectivity index (χ4v) is 9.34. The summed E-state index contributed by atoms with van der Waals surface area (Å²) in [4.78, 5) is 2.44. The first-order chi connectivity index (χ1) is 25.2. The molecule has 0 amide bonds. The number of para-hydroxylation sites is 2. The Morgan fingerprint density at radius 2 is 1.13 bits per heavy atom. The van der Waals surface area contributed by atoms with Crippen LogP contribution in [0.15, 0.2) is 126 Å². The molecule has 0 saturated carbocycles. The molecule has 1 aromatic heterocycles. The molecule has 0 saturated heterocycles. The molecule has 0 N–H and O–H groups in total. The normalized spacial score (nSPS) is 12.9. The van der Waals surface area contributed by atoms with E-state index in [1.54, 1.807) is 0 Å². The Labute approximate surface area is 305 Å². The molecule has 2 aliphatic heterocycles. The van der Waals surface area contributed by atoms with Gasteiger partial charge in [0.2, 0.25) is 0 Å². The van der Waals surface area contributed by atoms with Crippen LogP contribution < -0.4 is 20.5 Å². The zero-order chi connectivity index (χ0) is 35.4. The zero-order valence-corrected chi connectivity index (χ0v) is 30.4. The molecule has 0 aliphatic carbocycles. The Kier molecular flexibility index (Phi) is 6.66.